The molecule has 1 saturated heterocycles. The molecule has 9 heteroatoms. The average Bonchev–Trinajstić information content (AvgIpc) is 2.52. The number of hydrogen-bond acceptors (Lipinski definition) is 9. The van der Waals surface area contributed by atoms with Gasteiger partial charge in [-0.15, -0.1) is 0 Å². The molecule has 0 aromatic heterocycles. The van der Waals surface area contributed by atoms with Gasteiger partial charge >= 0.3 is 0 Å². The van der Waals surface area contributed by atoms with Gasteiger partial charge in [-0.25, -0.2) is 0 Å². The second kappa shape index (κ2) is 7.32. The number of hydrogen-bond donors (Lipinski definition) is 6. The largest absolute Gasteiger partial charge is 0.394 e. The van der Waals surface area contributed by atoms with Gasteiger partial charge in [0, 0.05) is 12.8 Å². The Hall–Kier alpha value is -0.910. The van der Waals surface area contributed by atoms with Crippen molar-refractivity contribution in [2.24, 2.45) is 0 Å². The summed E-state index contributed by atoms with van der Waals surface area (Å²) in [4.78, 5) is 11.1. The molecule has 2 rings (SSSR count). The molecule has 7 atom stereocenters. The maximum atomic E-state index is 11.1. The third-order valence-corrected chi connectivity index (χ3v) is 4.16. The van der Waals surface area contributed by atoms with Crippen molar-refractivity contribution in [2.75, 3.05) is 13.2 Å². The predicted octanol–water partition coefficient (Wildman–Crippen LogP) is -3.19. The van der Waals surface area contributed by atoms with Crippen LogP contribution < -0.4 is 0 Å². The van der Waals surface area contributed by atoms with Crippen LogP contribution in [-0.4, -0.2) is 92.0 Å². The molecule has 0 saturated carbocycles. The lowest BCUT2D eigenvalue weighted by atomic mass is 9.85. The van der Waals surface area contributed by atoms with Crippen molar-refractivity contribution in [1.29, 1.82) is 0 Å². The first-order valence-electron chi connectivity index (χ1n) is 7.33. The summed E-state index contributed by atoms with van der Waals surface area (Å²) in [6.45, 7) is -0.729. The summed E-state index contributed by atoms with van der Waals surface area (Å²) in [5, 5.41) is 58.2. The highest BCUT2D eigenvalue weighted by Crippen LogP contribution is 2.26. The Kier molecular flexibility index (Phi) is 5.87. The van der Waals surface area contributed by atoms with E-state index in [-0.39, 0.29) is 25.2 Å². The highest BCUT2D eigenvalue weighted by molar-refractivity contribution is 5.91. The van der Waals surface area contributed by atoms with Crippen LogP contribution in [0.2, 0.25) is 0 Å². The van der Waals surface area contributed by atoms with Crippen LogP contribution in [0.1, 0.15) is 12.8 Å². The Morgan fingerprint density at radius 1 is 1.22 bits per heavy atom. The minimum absolute atomic E-state index is 0.0764. The summed E-state index contributed by atoms with van der Waals surface area (Å²) in [6.07, 6.45) is -6.12. The van der Waals surface area contributed by atoms with Crippen molar-refractivity contribution in [3.63, 3.8) is 0 Å². The lowest BCUT2D eigenvalue weighted by Crippen LogP contribution is -2.59. The molecule has 0 amide bonds. The molecule has 2 aliphatic rings. The first kappa shape index (κ1) is 18.4. The summed E-state index contributed by atoms with van der Waals surface area (Å²) < 4.78 is 10.4. The van der Waals surface area contributed by atoms with Gasteiger partial charge in [-0.3, -0.25) is 4.79 Å². The molecule has 0 aromatic carbocycles. The Morgan fingerprint density at radius 3 is 2.52 bits per heavy atom. The zero-order valence-electron chi connectivity index (χ0n) is 12.4. The van der Waals surface area contributed by atoms with E-state index in [9.17, 15) is 30.3 Å². The summed E-state index contributed by atoms with van der Waals surface area (Å²) in [7, 11) is 0. The van der Waals surface area contributed by atoms with Crippen molar-refractivity contribution in [3.05, 3.63) is 12.2 Å². The molecule has 1 aliphatic heterocycles. The van der Waals surface area contributed by atoms with E-state index < -0.39 is 49.0 Å². The molecule has 0 unspecified atom stereocenters. The van der Waals surface area contributed by atoms with Gasteiger partial charge in [0.2, 0.25) is 0 Å². The van der Waals surface area contributed by atoms with Crippen LogP contribution in [0.3, 0.4) is 0 Å². The van der Waals surface area contributed by atoms with Crippen LogP contribution in [0.5, 0.6) is 0 Å². The van der Waals surface area contributed by atoms with Crippen molar-refractivity contribution in [2.45, 2.75) is 55.3 Å². The van der Waals surface area contributed by atoms with Crippen LogP contribution >= 0.6 is 0 Å². The van der Waals surface area contributed by atoms with Gasteiger partial charge in [-0.2, -0.15) is 0 Å². The van der Waals surface area contributed by atoms with Gasteiger partial charge in [0.1, 0.15) is 30.0 Å². The number of aliphatic hydroxyl groups excluding tert-OH is 5. The molecule has 0 bridgehead atoms. The minimum atomic E-state index is -1.64. The molecule has 0 radical (unpaired) electrons. The zero-order valence-corrected chi connectivity index (χ0v) is 12.4. The third kappa shape index (κ3) is 3.95. The fourth-order valence-corrected chi connectivity index (χ4v) is 2.58. The molecule has 0 spiro atoms. The SMILES string of the molecule is O=C1C=C[C@@](O)(CCO[C@@H]2O[C@H](CO)[C@@H](O)[C@H](O)[C@H]2O)[C@H](O)C1. The molecule has 6 N–H and O–H groups in total. The second-order valence-corrected chi connectivity index (χ2v) is 5.83. The topological polar surface area (TPSA) is 157 Å². The van der Waals surface area contributed by atoms with Gasteiger partial charge in [0.05, 0.1) is 19.3 Å². The van der Waals surface area contributed by atoms with Crippen molar-refractivity contribution < 1.29 is 44.9 Å². The normalized spacial score (nSPS) is 44.5. The van der Waals surface area contributed by atoms with Crippen LogP contribution in [0, 0.1) is 0 Å². The number of allylic oxidation sites excluding steroid dienone is 1. The highest BCUT2D eigenvalue weighted by atomic mass is 16.7. The number of aliphatic hydroxyl groups is 6. The lowest BCUT2D eigenvalue weighted by molar-refractivity contribution is -0.302. The van der Waals surface area contributed by atoms with Crippen molar-refractivity contribution in [3.8, 4) is 0 Å². The summed E-state index contributed by atoms with van der Waals surface area (Å²) >= 11 is 0. The molecule has 0 aromatic rings. The molecule has 1 fully saturated rings. The number of ether oxygens (including phenoxy) is 2. The van der Waals surface area contributed by atoms with E-state index in [0.29, 0.717) is 0 Å². The predicted molar refractivity (Wildman–Crippen MR) is 74.1 cm³/mol. The summed E-state index contributed by atoms with van der Waals surface area (Å²) in [5.74, 6) is -0.294. The number of carbonyl (C=O) groups excluding carboxylic acids is 1. The molecule has 9 nitrogen and oxygen atoms in total. The molecule has 132 valence electrons. The van der Waals surface area contributed by atoms with E-state index in [1.165, 1.54) is 12.2 Å². The number of carbonyl (C=O) groups is 1. The van der Waals surface area contributed by atoms with E-state index >= 15 is 0 Å². The molecule has 1 heterocycles. The lowest BCUT2D eigenvalue weighted by Gasteiger charge is -2.40. The number of rotatable bonds is 5. The molecule has 23 heavy (non-hydrogen) atoms. The fraction of sp³-hybridized carbons (Fsp3) is 0.786. The van der Waals surface area contributed by atoms with E-state index in [1.54, 1.807) is 0 Å². The smallest absolute Gasteiger partial charge is 0.186 e. The van der Waals surface area contributed by atoms with Gasteiger partial charge in [0.15, 0.2) is 12.1 Å². The van der Waals surface area contributed by atoms with Crippen LogP contribution in [0.4, 0.5) is 0 Å². The van der Waals surface area contributed by atoms with Crippen molar-refractivity contribution >= 4 is 5.78 Å². The molecule has 1 aliphatic carbocycles. The maximum absolute atomic E-state index is 11.1. The Morgan fingerprint density at radius 2 is 1.91 bits per heavy atom. The average molecular weight is 334 g/mol. The van der Waals surface area contributed by atoms with Crippen LogP contribution in [0.25, 0.3) is 0 Å². The maximum Gasteiger partial charge on any atom is 0.186 e. The van der Waals surface area contributed by atoms with Crippen LogP contribution in [0.15, 0.2) is 12.2 Å². The number of ketones is 1. The van der Waals surface area contributed by atoms with Crippen molar-refractivity contribution in [1.82, 2.24) is 0 Å². The van der Waals surface area contributed by atoms with E-state index in [1.807, 2.05) is 0 Å². The Balaban J connectivity index is 1.90. The Bertz CT molecular complexity index is 452. The highest BCUT2D eigenvalue weighted by Gasteiger charge is 2.44. The van der Waals surface area contributed by atoms with Gasteiger partial charge in [0.25, 0.3) is 0 Å². The molecular formula is C14H22O9. The van der Waals surface area contributed by atoms with Gasteiger partial charge in [-0.05, 0) is 12.2 Å². The minimum Gasteiger partial charge on any atom is -0.394 e. The third-order valence-electron chi connectivity index (χ3n) is 4.16. The first-order chi connectivity index (χ1) is 10.8. The second-order valence-electron chi connectivity index (χ2n) is 5.83. The first-order valence-corrected chi connectivity index (χ1v) is 7.33. The quantitative estimate of drug-likeness (QED) is 0.305. The van der Waals surface area contributed by atoms with E-state index in [2.05, 4.69) is 0 Å². The fourth-order valence-electron chi connectivity index (χ4n) is 2.58. The van der Waals surface area contributed by atoms with E-state index in [0.717, 1.165) is 0 Å². The Labute approximate surface area is 132 Å². The standard InChI is InChI=1S/C14H22O9/c15-6-8-10(18)11(19)12(20)13(23-8)22-4-3-14(21)2-1-7(16)5-9(14)17/h1-2,8-13,15,17-21H,3-6H2/t8-,9-,10-,11+,12-,13-,14-/m1/s1. The summed E-state index contributed by atoms with van der Waals surface area (Å²) in [5.41, 5.74) is -1.64. The summed E-state index contributed by atoms with van der Waals surface area (Å²) in [6, 6.07) is 0. The van der Waals surface area contributed by atoms with Gasteiger partial charge in [-0.1, -0.05) is 0 Å². The zero-order chi connectivity index (χ0) is 17.2. The van der Waals surface area contributed by atoms with Gasteiger partial charge < -0.3 is 40.1 Å². The molecular weight excluding hydrogens is 312 g/mol. The van der Waals surface area contributed by atoms with E-state index in [4.69, 9.17) is 14.6 Å². The monoisotopic (exact) mass is 334 g/mol. The van der Waals surface area contributed by atoms with Crippen LogP contribution in [-0.2, 0) is 14.3 Å².